The summed E-state index contributed by atoms with van der Waals surface area (Å²) in [5, 5.41) is 11.0. The second-order valence-electron chi connectivity index (χ2n) is 8.70. The molecule has 1 saturated carbocycles. The molecule has 0 aliphatic heterocycles. The van der Waals surface area contributed by atoms with Gasteiger partial charge in [-0.25, -0.2) is 0 Å². The number of benzene rings is 2. The standard InChI is InChI=1S/C26H29N2/c1-18-13-19(2)20(3)23(14-18)24-10-9-22-8-7-21(15-25(22)28(24)4)16-26(17-27)11-5-6-12-26/h7-10,13-15H,5-6,11-12,16H2,1-4H3/q+1. The van der Waals surface area contributed by atoms with Crippen molar-refractivity contribution in [1.82, 2.24) is 0 Å². The van der Waals surface area contributed by atoms with Crippen LogP contribution in [0, 0.1) is 37.5 Å². The highest BCUT2D eigenvalue weighted by Gasteiger charge is 2.34. The van der Waals surface area contributed by atoms with E-state index in [-0.39, 0.29) is 5.41 Å². The van der Waals surface area contributed by atoms with Gasteiger partial charge in [-0.3, -0.25) is 0 Å². The van der Waals surface area contributed by atoms with Crippen LogP contribution in [0.4, 0.5) is 0 Å². The van der Waals surface area contributed by atoms with E-state index in [4.69, 9.17) is 0 Å². The Bertz CT molecular complexity index is 1100. The Hall–Kier alpha value is -2.66. The first-order valence-corrected chi connectivity index (χ1v) is 10.3. The van der Waals surface area contributed by atoms with Crippen molar-refractivity contribution in [2.24, 2.45) is 12.5 Å². The highest BCUT2D eigenvalue weighted by Crippen LogP contribution is 2.40. The molecule has 142 valence electrons. The third-order valence-electron chi connectivity index (χ3n) is 6.67. The van der Waals surface area contributed by atoms with Crippen molar-refractivity contribution in [2.75, 3.05) is 0 Å². The van der Waals surface area contributed by atoms with Gasteiger partial charge in [0.2, 0.25) is 11.2 Å². The summed E-state index contributed by atoms with van der Waals surface area (Å²) in [4.78, 5) is 0. The number of aromatic nitrogens is 1. The number of pyridine rings is 1. The Balaban J connectivity index is 1.82. The van der Waals surface area contributed by atoms with Crippen molar-refractivity contribution in [1.29, 1.82) is 5.26 Å². The van der Waals surface area contributed by atoms with Gasteiger partial charge in [-0.2, -0.15) is 9.83 Å². The third kappa shape index (κ3) is 3.20. The van der Waals surface area contributed by atoms with Gasteiger partial charge in [-0.05, 0) is 74.9 Å². The average molecular weight is 370 g/mol. The predicted molar refractivity (Wildman–Crippen MR) is 115 cm³/mol. The normalized spacial score (nSPS) is 15.7. The quantitative estimate of drug-likeness (QED) is 0.530. The molecule has 3 aromatic rings. The summed E-state index contributed by atoms with van der Waals surface area (Å²) in [6.07, 6.45) is 5.31. The second kappa shape index (κ2) is 7.06. The van der Waals surface area contributed by atoms with Crippen LogP contribution >= 0.6 is 0 Å². The van der Waals surface area contributed by atoms with Crippen molar-refractivity contribution >= 4 is 10.9 Å². The molecular weight excluding hydrogens is 340 g/mol. The maximum atomic E-state index is 9.77. The lowest BCUT2D eigenvalue weighted by Gasteiger charge is -2.20. The van der Waals surface area contributed by atoms with Crippen LogP contribution in [0.1, 0.15) is 47.9 Å². The molecule has 0 atom stereocenters. The minimum absolute atomic E-state index is 0.159. The first-order chi connectivity index (χ1) is 13.4. The Morgan fingerprint density at radius 3 is 2.43 bits per heavy atom. The molecule has 1 aromatic heterocycles. The van der Waals surface area contributed by atoms with Crippen molar-refractivity contribution in [2.45, 2.75) is 52.9 Å². The summed E-state index contributed by atoms with van der Waals surface area (Å²) in [6.45, 7) is 6.56. The molecule has 0 N–H and O–H groups in total. The average Bonchev–Trinajstić information content (AvgIpc) is 3.15. The molecule has 4 rings (SSSR count). The summed E-state index contributed by atoms with van der Waals surface area (Å²) in [6, 6.07) is 18.4. The van der Waals surface area contributed by atoms with Crippen molar-refractivity contribution in [3.8, 4) is 17.3 Å². The first kappa shape index (κ1) is 18.7. The summed E-state index contributed by atoms with van der Waals surface area (Å²) < 4.78 is 2.31. The van der Waals surface area contributed by atoms with Gasteiger partial charge in [0.15, 0.2) is 0 Å². The minimum Gasteiger partial charge on any atom is -0.198 e. The zero-order valence-corrected chi connectivity index (χ0v) is 17.5. The van der Waals surface area contributed by atoms with Crippen molar-refractivity contribution in [3.63, 3.8) is 0 Å². The van der Waals surface area contributed by atoms with Gasteiger partial charge in [-0.1, -0.05) is 30.5 Å². The van der Waals surface area contributed by atoms with E-state index in [1.807, 2.05) is 0 Å². The lowest BCUT2D eigenvalue weighted by molar-refractivity contribution is -0.633. The van der Waals surface area contributed by atoms with Gasteiger partial charge in [0, 0.05) is 23.1 Å². The predicted octanol–water partition coefficient (Wildman–Crippen LogP) is 5.88. The molecule has 0 amide bonds. The second-order valence-corrected chi connectivity index (χ2v) is 8.70. The van der Waals surface area contributed by atoms with Gasteiger partial charge < -0.3 is 0 Å². The van der Waals surface area contributed by atoms with Crippen LogP contribution in [0.3, 0.4) is 0 Å². The highest BCUT2D eigenvalue weighted by molar-refractivity contribution is 5.79. The molecule has 0 unspecified atom stereocenters. The van der Waals surface area contributed by atoms with E-state index in [9.17, 15) is 5.26 Å². The fourth-order valence-corrected chi connectivity index (χ4v) is 4.89. The third-order valence-corrected chi connectivity index (χ3v) is 6.67. The Morgan fingerprint density at radius 2 is 1.71 bits per heavy atom. The summed E-state index contributed by atoms with van der Waals surface area (Å²) >= 11 is 0. The van der Waals surface area contributed by atoms with E-state index in [1.165, 1.54) is 57.3 Å². The molecule has 1 fully saturated rings. The van der Waals surface area contributed by atoms with E-state index >= 15 is 0 Å². The Morgan fingerprint density at radius 1 is 1.00 bits per heavy atom. The monoisotopic (exact) mass is 369 g/mol. The van der Waals surface area contributed by atoms with E-state index in [0.717, 1.165) is 19.3 Å². The smallest absolute Gasteiger partial charge is 0.198 e. The lowest BCUT2D eigenvalue weighted by atomic mass is 9.81. The molecule has 1 aliphatic rings. The molecule has 2 nitrogen and oxygen atoms in total. The number of hydrogen-bond donors (Lipinski definition) is 0. The van der Waals surface area contributed by atoms with Crippen LogP contribution < -0.4 is 4.57 Å². The summed E-state index contributed by atoms with van der Waals surface area (Å²) in [5.74, 6) is 0. The van der Waals surface area contributed by atoms with Crippen molar-refractivity contribution in [3.05, 3.63) is 64.7 Å². The maximum Gasteiger partial charge on any atom is 0.213 e. The molecule has 0 radical (unpaired) electrons. The lowest BCUT2D eigenvalue weighted by Crippen LogP contribution is -2.32. The molecule has 1 heterocycles. The Kier molecular flexibility index (Phi) is 4.71. The van der Waals surface area contributed by atoms with Gasteiger partial charge >= 0.3 is 0 Å². The minimum atomic E-state index is -0.159. The summed E-state index contributed by atoms with van der Waals surface area (Å²) in [5.41, 5.74) is 8.87. The molecule has 2 aromatic carbocycles. The summed E-state index contributed by atoms with van der Waals surface area (Å²) in [7, 11) is 2.16. The van der Waals surface area contributed by atoms with E-state index < -0.39 is 0 Å². The molecule has 0 spiro atoms. The van der Waals surface area contributed by atoms with Crippen LogP contribution in [-0.4, -0.2) is 0 Å². The Labute approximate surface area is 168 Å². The zero-order valence-electron chi connectivity index (χ0n) is 17.5. The van der Waals surface area contributed by atoms with E-state index in [1.54, 1.807) is 0 Å². The van der Waals surface area contributed by atoms with Crippen molar-refractivity contribution < 1.29 is 4.57 Å². The number of aryl methyl sites for hydroxylation is 3. The van der Waals surface area contributed by atoms with Gasteiger partial charge in [0.05, 0.1) is 11.5 Å². The largest absolute Gasteiger partial charge is 0.213 e. The van der Waals surface area contributed by atoms with Gasteiger partial charge in [0.25, 0.3) is 0 Å². The number of fused-ring (bicyclic) bond motifs is 1. The molecule has 0 saturated heterocycles. The van der Waals surface area contributed by atoms with E-state index in [2.05, 4.69) is 80.9 Å². The van der Waals surface area contributed by atoms with Crippen LogP contribution in [0.25, 0.3) is 22.2 Å². The van der Waals surface area contributed by atoms with Crippen LogP contribution in [0.5, 0.6) is 0 Å². The van der Waals surface area contributed by atoms with Gasteiger partial charge in [-0.15, -0.1) is 0 Å². The molecular formula is C26H29N2+. The number of hydrogen-bond acceptors (Lipinski definition) is 1. The molecule has 2 heteroatoms. The first-order valence-electron chi connectivity index (χ1n) is 10.3. The maximum absolute atomic E-state index is 9.77. The molecule has 0 bridgehead atoms. The topological polar surface area (TPSA) is 27.7 Å². The fourth-order valence-electron chi connectivity index (χ4n) is 4.89. The van der Waals surface area contributed by atoms with E-state index in [0.29, 0.717) is 0 Å². The fraction of sp³-hybridized carbons (Fsp3) is 0.385. The number of nitriles is 1. The molecule has 1 aliphatic carbocycles. The van der Waals surface area contributed by atoms with Gasteiger partial charge in [0.1, 0.15) is 7.05 Å². The van der Waals surface area contributed by atoms with Crippen LogP contribution in [0.15, 0.2) is 42.5 Å². The molecule has 28 heavy (non-hydrogen) atoms. The SMILES string of the molecule is Cc1cc(C)c(C)c(-c2ccc3ccc(CC4(C#N)CCCC4)cc3[n+]2C)c1. The van der Waals surface area contributed by atoms with Crippen LogP contribution in [0.2, 0.25) is 0 Å². The van der Waals surface area contributed by atoms with Crippen LogP contribution in [-0.2, 0) is 13.5 Å². The highest BCUT2D eigenvalue weighted by atomic mass is 14.9. The number of rotatable bonds is 3. The number of nitrogens with zero attached hydrogens (tertiary/aromatic N) is 2. The zero-order chi connectivity index (χ0) is 19.9.